The number of amides is 1. The number of hydrogen-bond acceptors (Lipinski definition) is 3. The van der Waals surface area contributed by atoms with Crippen LogP contribution in [0.3, 0.4) is 0 Å². The number of nitrogens with one attached hydrogen (secondary N) is 1. The third kappa shape index (κ3) is 0.914. The number of primary amides is 1. The summed E-state index contributed by atoms with van der Waals surface area (Å²) in [5.41, 5.74) is 6.49. The van der Waals surface area contributed by atoms with Crippen LogP contribution in [-0.4, -0.2) is 20.9 Å². The first-order chi connectivity index (χ1) is 5.77. The molecule has 0 fully saturated rings. The Bertz CT molecular complexity index is 434. The SMILES string of the molecule is NC(=O)c1cnc2cc[nH]c2n1. The number of rotatable bonds is 1. The van der Waals surface area contributed by atoms with E-state index in [2.05, 4.69) is 15.0 Å². The summed E-state index contributed by atoms with van der Waals surface area (Å²) in [5.74, 6) is -0.570. The maximum Gasteiger partial charge on any atom is 0.268 e. The summed E-state index contributed by atoms with van der Waals surface area (Å²) in [5, 5.41) is 0. The van der Waals surface area contributed by atoms with Gasteiger partial charge in [-0.2, -0.15) is 0 Å². The van der Waals surface area contributed by atoms with Crippen LogP contribution in [0.2, 0.25) is 0 Å². The normalized spacial score (nSPS) is 10.3. The van der Waals surface area contributed by atoms with Crippen LogP contribution in [0, 0.1) is 0 Å². The molecule has 0 bridgehead atoms. The van der Waals surface area contributed by atoms with Crippen molar-refractivity contribution >= 4 is 17.1 Å². The molecule has 0 aromatic carbocycles. The molecule has 0 aliphatic carbocycles. The highest BCUT2D eigenvalue weighted by molar-refractivity contribution is 5.91. The third-order valence-electron chi connectivity index (χ3n) is 1.51. The molecule has 0 aliphatic rings. The van der Waals surface area contributed by atoms with Gasteiger partial charge in [-0.3, -0.25) is 9.78 Å². The number of carbonyl (C=O) groups is 1. The summed E-state index contributed by atoms with van der Waals surface area (Å²) in [4.78, 5) is 21.4. The van der Waals surface area contributed by atoms with Gasteiger partial charge < -0.3 is 10.7 Å². The highest BCUT2D eigenvalue weighted by Gasteiger charge is 2.04. The van der Waals surface area contributed by atoms with Gasteiger partial charge in [-0.25, -0.2) is 4.98 Å². The number of H-pyrrole nitrogens is 1. The maximum atomic E-state index is 10.7. The van der Waals surface area contributed by atoms with Crippen molar-refractivity contribution in [2.24, 2.45) is 5.73 Å². The third-order valence-corrected chi connectivity index (χ3v) is 1.51. The van der Waals surface area contributed by atoms with Gasteiger partial charge in [0.2, 0.25) is 0 Å². The topological polar surface area (TPSA) is 84.7 Å². The van der Waals surface area contributed by atoms with E-state index >= 15 is 0 Å². The van der Waals surface area contributed by atoms with Crippen LogP contribution in [0.25, 0.3) is 11.2 Å². The van der Waals surface area contributed by atoms with Gasteiger partial charge in [0, 0.05) is 6.20 Å². The zero-order valence-electron chi connectivity index (χ0n) is 6.11. The smallest absolute Gasteiger partial charge is 0.268 e. The molecular weight excluding hydrogens is 156 g/mol. The zero-order chi connectivity index (χ0) is 8.55. The van der Waals surface area contributed by atoms with Crippen molar-refractivity contribution in [2.75, 3.05) is 0 Å². The Morgan fingerprint density at radius 1 is 1.58 bits per heavy atom. The minimum atomic E-state index is -0.570. The van der Waals surface area contributed by atoms with Crippen LogP contribution >= 0.6 is 0 Å². The molecule has 60 valence electrons. The second kappa shape index (κ2) is 2.30. The van der Waals surface area contributed by atoms with Crippen LogP contribution in [0.4, 0.5) is 0 Å². The van der Waals surface area contributed by atoms with Gasteiger partial charge in [0.15, 0.2) is 5.65 Å². The Morgan fingerprint density at radius 3 is 3.17 bits per heavy atom. The summed E-state index contributed by atoms with van der Waals surface area (Å²) < 4.78 is 0. The molecule has 0 aliphatic heterocycles. The molecule has 0 spiro atoms. The Kier molecular flexibility index (Phi) is 1.30. The molecule has 0 saturated carbocycles. The number of carbonyl (C=O) groups excluding carboxylic acids is 1. The number of hydrogen-bond donors (Lipinski definition) is 2. The minimum absolute atomic E-state index is 0.171. The van der Waals surface area contributed by atoms with Crippen LogP contribution in [-0.2, 0) is 0 Å². The first kappa shape index (κ1) is 6.78. The van der Waals surface area contributed by atoms with E-state index in [1.165, 1.54) is 6.20 Å². The predicted molar refractivity (Wildman–Crippen MR) is 42.4 cm³/mol. The summed E-state index contributed by atoms with van der Waals surface area (Å²) in [6.07, 6.45) is 3.06. The van der Waals surface area contributed by atoms with Gasteiger partial charge in [0.05, 0.1) is 6.20 Å². The zero-order valence-corrected chi connectivity index (χ0v) is 6.11. The van der Waals surface area contributed by atoms with Crippen LogP contribution < -0.4 is 5.73 Å². The molecule has 0 radical (unpaired) electrons. The molecule has 2 aromatic heterocycles. The molecule has 2 heterocycles. The van der Waals surface area contributed by atoms with Crippen molar-refractivity contribution in [3.8, 4) is 0 Å². The monoisotopic (exact) mass is 162 g/mol. The molecule has 2 rings (SSSR count). The lowest BCUT2D eigenvalue weighted by molar-refractivity contribution is 0.0995. The molecule has 0 saturated heterocycles. The van der Waals surface area contributed by atoms with E-state index in [9.17, 15) is 4.79 Å². The van der Waals surface area contributed by atoms with Crippen molar-refractivity contribution < 1.29 is 4.79 Å². The fourth-order valence-corrected chi connectivity index (χ4v) is 0.945. The van der Waals surface area contributed by atoms with E-state index in [0.717, 1.165) is 5.52 Å². The number of aromatic amines is 1. The van der Waals surface area contributed by atoms with Crippen molar-refractivity contribution in [2.45, 2.75) is 0 Å². The van der Waals surface area contributed by atoms with Crippen LogP contribution in [0.15, 0.2) is 18.5 Å². The molecule has 5 nitrogen and oxygen atoms in total. The van der Waals surface area contributed by atoms with Gasteiger partial charge in [-0.05, 0) is 6.07 Å². The number of nitrogens with zero attached hydrogens (tertiary/aromatic N) is 2. The second-order valence-corrected chi connectivity index (χ2v) is 2.33. The first-order valence-electron chi connectivity index (χ1n) is 3.37. The predicted octanol–water partition coefficient (Wildman–Crippen LogP) is 0.0568. The van der Waals surface area contributed by atoms with Crippen molar-refractivity contribution in [1.82, 2.24) is 15.0 Å². The van der Waals surface area contributed by atoms with Crippen molar-refractivity contribution in [1.29, 1.82) is 0 Å². The van der Waals surface area contributed by atoms with E-state index in [1.807, 2.05) is 0 Å². The molecule has 5 heteroatoms. The summed E-state index contributed by atoms with van der Waals surface area (Å²) in [7, 11) is 0. The summed E-state index contributed by atoms with van der Waals surface area (Å²) >= 11 is 0. The Balaban J connectivity index is 2.68. The Hall–Kier alpha value is -1.91. The first-order valence-corrected chi connectivity index (χ1v) is 3.37. The van der Waals surface area contributed by atoms with Crippen LogP contribution in [0.1, 0.15) is 10.5 Å². The minimum Gasteiger partial charge on any atom is -0.364 e. The average molecular weight is 162 g/mol. The standard InChI is InChI=1S/C7H6N4O/c8-6(12)5-3-10-4-1-2-9-7(4)11-5/h1-3H,(H2,8,12)(H,9,11). The van der Waals surface area contributed by atoms with E-state index in [-0.39, 0.29) is 5.69 Å². The van der Waals surface area contributed by atoms with Crippen molar-refractivity contribution in [3.63, 3.8) is 0 Å². The molecule has 0 unspecified atom stereocenters. The largest absolute Gasteiger partial charge is 0.364 e. The molecule has 2 aromatic rings. The molecule has 3 N–H and O–H groups in total. The molecule has 12 heavy (non-hydrogen) atoms. The lowest BCUT2D eigenvalue weighted by Gasteiger charge is -1.92. The highest BCUT2D eigenvalue weighted by Crippen LogP contribution is 2.05. The lowest BCUT2D eigenvalue weighted by Crippen LogP contribution is -2.13. The summed E-state index contributed by atoms with van der Waals surface area (Å²) in [6, 6.07) is 1.77. The van der Waals surface area contributed by atoms with Crippen LogP contribution in [0.5, 0.6) is 0 Å². The quantitative estimate of drug-likeness (QED) is 0.621. The van der Waals surface area contributed by atoms with Crippen molar-refractivity contribution in [3.05, 3.63) is 24.2 Å². The molecular formula is C7H6N4O. The van der Waals surface area contributed by atoms with Gasteiger partial charge in [0.1, 0.15) is 11.2 Å². The van der Waals surface area contributed by atoms with Gasteiger partial charge in [-0.1, -0.05) is 0 Å². The maximum absolute atomic E-state index is 10.7. The highest BCUT2D eigenvalue weighted by atomic mass is 16.1. The average Bonchev–Trinajstić information content (AvgIpc) is 2.49. The fourth-order valence-electron chi connectivity index (χ4n) is 0.945. The van der Waals surface area contributed by atoms with E-state index in [0.29, 0.717) is 5.65 Å². The number of fused-ring (bicyclic) bond motifs is 1. The van der Waals surface area contributed by atoms with Gasteiger partial charge in [0.25, 0.3) is 5.91 Å². The molecule has 0 atom stereocenters. The van der Waals surface area contributed by atoms with Gasteiger partial charge in [-0.15, -0.1) is 0 Å². The van der Waals surface area contributed by atoms with Gasteiger partial charge >= 0.3 is 0 Å². The second-order valence-electron chi connectivity index (χ2n) is 2.33. The number of aromatic nitrogens is 3. The number of nitrogens with two attached hydrogens (primary N) is 1. The Labute approximate surface area is 67.6 Å². The Morgan fingerprint density at radius 2 is 2.42 bits per heavy atom. The lowest BCUT2D eigenvalue weighted by atomic mass is 10.4. The molecule has 1 amide bonds. The summed E-state index contributed by atoms with van der Waals surface area (Å²) in [6.45, 7) is 0. The van der Waals surface area contributed by atoms with E-state index in [4.69, 9.17) is 5.73 Å². The van der Waals surface area contributed by atoms with E-state index in [1.54, 1.807) is 12.3 Å². The fraction of sp³-hybridized carbons (Fsp3) is 0. The van der Waals surface area contributed by atoms with E-state index < -0.39 is 5.91 Å².